The van der Waals surface area contributed by atoms with Crippen LogP contribution in [0.5, 0.6) is 23.0 Å². The van der Waals surface area contributed by atoms with Gasteiger partial charge in [-0.1, -0.05) is 11.6 Å². The minimum atomic E-state index is -0.220. The first-order valence-electron chi connectivity index (χ1n) is 8.26. The van der Waals surface area contributed by atoms with Crippen molar-refractivity contribution < 1.29 is 23.7 Å². The monoisotopic (exact) mass is 394 g/mol. The molecule has 2 N–H and O–H groups in total. The summed E-state index contributed by atoms with van der Waals surface area (Å²) in [6.07, 6.45) is 0. The Balaban J connectivity index is 1.76. The van der Waals surface area contributed by atoms with Crippen molar-refractivity contribution in [1.29, 1.82) is 0 Å². The van der Waals surface area contributed by atoms with Crippen LogP contribution in [-0.4, -0.2) is 46.9 Å². The highest BCUT2D eigenvalue weighted by Gasteiger charge is 2.12. The predicted molar refractivity (Wildman–Crippen MR) is 105 cm³/mol. The van der Waals surface area contributed by atoms with E-state index in [4.69, 9.17) is 30.5 Å². The maximum Gasteiger partial charge on any atom is 0.238 e. The fraction of sp³-hybridized carbons (Fsp3) is 0.316. The highest BCUT2D eigenvalue weighted by molar-refractivity contribution is 6.32. The van der Waals surface area contributed by atoms with E-state index in [0.717, 1.165) is 11.5 Å². The number of carbonyl (C=O) groups is 1. The Bertz CT molecular complexity index is 753. The minimum absolute atomic E-state index is 0.125. The Morgan fingerprint density at radius 3 is 2.26 bits per heavy atom. The van der Waals surface area contributed by atoms with Gasteiger partial charge in [0, 0.05) is 18.7 Å². The fourth-order valence-corrected chi connectivity index (χ4v) is 2.50. The zero-order valence-electron chi connectivity index (χ0n) is 15.5. The summed E-state index contributed by atoms with van der Waals surface area (Å²) >= 11 is 6.05. The molecule has 146 valence electrons. The van der Waals surface area contributed by atoms with Crippen LogP contribution in [0.15, 0.2) is 36.4 Å². The zero-order valence-corrected chi connectivity index (χ0v) is 16.3. The van der Waals surface area contributed by atoms with E-state index >= 15 is 0 Å². The first-order chi connectivity index (χ1) is 13.1. The number of methoxy groups -OCH3 is 3. The molecule has 0 aliphatic heterocycles. The van der Waals surface area contributed by atoms with Gasteiger partial charge in [0.05, 0.1) is 38.6 Å². The van der Waals surface area contributed by atoms with Crippen LogP contribution in [0, 0.1) is 0 Å². The van der Waals surface area contributed by atoms with Crippen molar-refractivity contribution in [3.63, 3.8) is 0 Å². The largest absolute Gasteiger partial charge is 0.497 e. The second-order valence-corrected chi connectivity index (χ2v) is 5.84. The molecule has 1 amide bonds. The molecule has 2 aromatic rings. The number of nitrogens with one attached hydrogen (secondary N) is 2. The Morgan fingerprint density at radius 1 is 0.963 bits per heavy atom. The predicted octanol–water partition coefficient (Wildman–Crippen LogP) is 2.97. The summed E-state index contributed by atoms with van der Waals surface area (Å²) in [5.74, 6) is 2.19. The first kappa shape index (κ1) is 20.7. The molecule has 7 nitrogen and oxygen atoms in total. The van der Waals surface area contributed by atoms with Crippen molar-refractivity contribution in [2.75, 3.05) is 46.3 Å². The molecule has 0 heterocycles. The van der Waals surface area contributed by atoms with Crippen molar-refractivity contribution >= 4 is 23.2 Å². The van der Waals surface area contributed by atoms with E-state index in [9.17, 15) is 4.79 Å². The minimum Gasteiger partial charge on any atom is -0.497 e. The summed E-state index contributed by atoms with van der Waals surface area (Å²) in [4.78, 5) is 12.1. The lowest BCUT2D eigenvalue weighted by molar-refractivity contribution is -0.115. The smallest absolute Gasteiger partial charge is 0.238 e. The molecule has 0 atom stereocenters. The number of hydrogen-bond donors (Lipinski definition) is 2. The molecular formula is C19H23ClN2O5. The average molecular weight is 395 g/mol. The molecule has 0 aromatic heterocycles. The zero-order chi connectivity index (χ0) is 19.6. The summed E-state index contributed by atoms with van der Waals surface area (Å²) in [6.45, 7) is 1.07. The summed E-state index contributed by atoms with van der Waals surface area (Å²) < 4.78 is 21.1. The van der Waals surface area contributed by atoms with Gasteiger partial charge in [-0.25, -0.2) is 0 Å². The summed E-state index contributed by atoms with van der Waals surface area (Å²) in [7, 11) is 4.62. The van der Waals surface area contributed by atoms with Gasteiger partial charge in [0.25, 0.3) is 0 Å². The average Bonchev–Trinajstić information content (AvgIpc) is 2.69. The van der Waals surface area contributed by atoms with Gasteiger partial charge < -0.3 is 29.6 Å². The lowest BCUT2D eigenvalue weighted by atomic mass is 10.2. The lowest BCUT2D eigenvalue weighted by Gasteiger charge is -2.13. The normalized spacial score (nSPS) is 10.2. The van der Waals surface area contributed by atoms with Crippen LogP contribution in [0.2, 0.25) is 5.02 Å². The Labute approximate surface area is 163 Å². The number of benzene rings is 2. The fourth-order valence-electron chi connectivity index (χ4n) is 2.27. The van der Waals surface area contributed by atoms with E-state index in [1.165, 1.54) is 14.2 Å². The van der Waals surface area contributed by atoms with Gasteiger partial charge in [-0.3, -0.25) is 4.79 Å². The molecule has 0 saturated heterocycles. The third kappa shape index (κ3) is 6.23. The van der Waals surface area contributed by atoms with Gasteiger partial charge in [-0.05, 0) is 24.3 Å². The molecule has 2 aromatic carbocycles. The summed E-state index contributed by atoms with van der Waals surface area (Å²) in [5, 5.41) is 6.18. The molecule has 0 aliphatic rings. The van der Waals surface area contributed by atoms with E-state index in [-0.39, 0.29) is 12.5 Å². The Kier molecular flexibility index (Phi) is 8.03. The Morgan fingerprint density at radius 2 is 1.63 bits per heavy atom. The van der Waals surface area contributed by atoms with E-state index in [2.05, 4.69) is 10.6 Å². The number of amides is 1. The van der Waals surface area contributed by atoms with Crippen molar-refractivity contribution in [3.05, 3.63) is 41.4 Å². The van der Waals surface area contributed by atoms with Gasteiger partial charge >= 0.3 is 0 Å². The van der Waals surface area contributed by atoms with Crippen LogP contribution in [-0.2, 0) is 4.79 Å². The van der Waals surface area contributed by atoms with Crippen LogP contribution in [0.3, 0.4) is 0 Å². The molecule has 0 spiro atoms. The van der Waals surface area contributed by atoms with Crippen LogP contribution in [0.4, 0.5) is 5.69 Å². The maximum absolute atomic E-state index is 12.1. The van der Waals surface area contributed by atoms with Crippen molar-refractivity contribution in [2.24, 2.45) is 0 Å². The molecule has 2 rings (SSSR count). The van der Waals surface area contributed by atoms with Gasteiger partial charge in [-0.2, -0.15) is 0 Å². The van der Waals surface area contributed by atoms with Crippen LogP contribution in [0.1, 0.15) is 0 Å². The van der Waals surface area contributed by atoms with Gasteiger partial charge in [-0.15, -0.1) is 0 Å². The van der Waals surface area contributed by atoms with E-state index < -0.39 is 0 Å². The maximum atomic E-state index is 12.1. The van der Waals surface area contributed by atoms with Gasteiger partial charge in [0.2, 0.25) is 5.91 Å². The van der Waals surface area contributed by atoms with Crippen LogP contribution >= 0.6 is 11.6 Å². The molecule has 0 fully saturated rings. The number of hydrogen-bond acceptors (Lipinski definition) is 6. The number of anilines is 1. The topological polar surface area (TPSA) is 78.1 Å². The number of rotatable bonds is 10. The number of halogens is 1. The van der Waals surface area contributed by atoms with E-state index in [1.54, 1.807) is 19.2 Å². The molecule has 27 heavy (non-hydrogen) atoms. The van der Waals surface area contributed by atoms with Crippen molar-refractivity contribution in [3.8, 4) is 23.0 Å². The van der Waals surface area contributed by atoms with E-state index in [1.807, 2.05) is 24.3 Å². The SMILES string of the molecule is COc1ccc(OCCNCC(=O)Nc2cc(OC)c(Cl)cc2OC)cc1. The third-order valence-corrected chi connectivity index (χ3v) is 3.94. The Hall–Kier alpha value is -2.64. The van der Waals surface area contributed by atoms with Gasteiger partial charge in [0.15, 0.2) is 0 Å². The molecular weight excluding hydrogens is 372 g/mol. The first-order valence-corrected chi connectivity index (χ1v) is 8.64. The van der Waals surface area contributed by atoms with Crippen LogP contribution < -0.4 is 29.6 Å². The molecule has 0 bridgehead atoms. The standard InChI is InChI=1S/C19H23ClN2O5/c1-24-13-4-6-14(7-5-13)27-9-8-21-12-19(23)22-16-11-17(25-2)15(20)10-18(16)26-3/h4-7,10-11,21H,8-9,12H2,1-3H3,(H,22,23). The van der Waals surface area contributed by atoms with Crippen LogP contribution in [0.25, 0.3) is 0 Å². The second kappa shape index (κ2) is 10.5. The highest BCUT2D eigenvalue weighted by Crippen LogP contribution is 2.35. The number of ether oxygens (including phenoxy) is 4. The summed E-state index contributed by atoms with van der Waals surface area (Å²) in [6, 6.07) is 10.5. The molecule has 0 aliphatic carbocycles. The third-order valence-electron chi connectivity index (χ3n) is 3.64. The van der Waals surface area contributed by atoms with Crippen molar-refractivity contribution in [2.45, 2.75) is 0 Å². The van der Waals surface area contributed by atoms with Gasteiger partial charge in [0.1, 0.15) is 29.6 Å². The molecule has 0 saturated carbocycles. The molecule has 8 heteroatoms. The number of carbonyl (C=O) groups excluding carboxylic acids is 1. The second-order valence-electron chi connectivity index (χ2n) is 5.44. The molecule has 0 unspecified atom stereocenters. The van der Waals surface area contributed by atoms with Crippen molar-refractivity contribution in [1.82, 2.24) is 5.32 Å². The lowest BCUT2D eigenvalue weighted by Crippen LogP contribution is -2.31. The summed E-state index contributed by atoms with van der Waals surface area (Å²) in [5.41, 5.74) is 0.486. The van der Waals surface area contributed by atoms with E-state index in [0.29, 0.717) is 35.4 Å². The highest BCUT2D eigenvalue weighted by atomic mass is 35.5. The quantitative estimate of drug-likeness (QED) is 0.603. The molecule has 0 radical (unpaired) electrons.